The molecule has 1 amide bonds. The Balaban J connectivity index is 1.62. The highest BCUT2D eigenvalue weighted by Gasteiger charge is 2.11. The quantitative estimate of drug-likeness (QED) is 0.485. The first-order chi connectivity index (χ1) is 13.9. The average molecular weight is 395 g/mol. The van der Waals surface area contributed by atoms with Gasteiger partial charge in [-0.15, -0.1) is 0 Å². The Kier molecular flexibility index (Phi) is 6.29. The van der Waals surface area contributed by atoms with Crippen LogP contribution in [0.3, 0.4) is 0 Å². The molecule has 1 heterocycles. The number of carbonyl (C=O) groups is 2. The molecule has 0 saturated heterocycles. The van der Waals surface area contributed by atoms with E-state index in [4.69, 9.17) is 13.9 Å². The number of benzene rings is 2. The first-order valence-corrected chi connectivity index (χ1v) is 9.11. The predicted octanol–water partition coefficient (Wildman–Crippen LogP) is 3.57. The summed E-state index contributed by atoms with van der Waals surface area (Å²) in [5.41, 5.74) is 1.76. The van der Waals surface area contributed by atoms with Crippen molar-refractivity contribution in [2.75, 3.05) is 11.9 Å². The molecule has 0 spiro atoms. The summed E-state index contributed by atoms with van der Waals surface area (Å²) in [6.07, 6.45) is 0.0837. The van der Waals surface area contributed by atoms with Gasteiger partial charge in [-0.3, -0.25) is 9.59 Å². The molecule has 0 fully saturated rings. The number of esters is 1. The maximum absolute atomic E-state index is 12.0. The van der Waals surface area contributed by atoms with Crippen molar-refractivity contribution in [1.82, 2.24) is 0 Å². The van der Waals surface area contributed by atoms with Crippen molar-refractivity contribution in [1.29, 1.82) is 0 Å². The van der Waals surface area contributed by atoms with Gasteiger partial charge in [0.25, 0.3) is 0 Å². The van der Waals surface area contributed by atoms with E-state index in [2.05, 4.69) is 5.32 Å². The molecule has 7 nitrogen and oxygen atoms in total. The average Bonchev–Trinajstić information content (AvgIpc) is 2.66. The second kappa shape index (κ2) is 9.05. The fourth-order valence-electron chi connectivity index (χ4n) is 2.82. The number of fused-ring (bicyclic) bond motifs is 1. The third-order valence-electron chi connectivity index (χ3n) is 4.20. The molecule has 3 rings (SSSR count). The zero-order valence-electron chi connectivity index (χ0n) is 16.2. The second-order valence-corrected chi connectivity index (χ2v) is 6.51. The van der Waals surface area contributed by atoms with Crippen LogP contribution in [0.5, 0.6) is 5.75 Å². The lowest BCUT2D eigenvalue weighted by Crippen LogP contribution is -2.11. The maximum atomic E-state index is 12.0. The molecule has 0 aliphatic carbocycles. The third kappa shape index (κ3) is 5.44. The van der Waals surface area contributed by atoms with Gasteiger partial charge >= 0.3 is 11.6 Å². The van der Waals surface area contributed by atoms with Crippen molar-refractivity contribution in [2.24, 2.45) is 0 Å². The van der Waals surface area contributed by atoms with Crippen LogP contribution in [0, 0.1) is 6.92 Å². The molecule has 0 saturated carbocycles. The van der Waals surface area contributed by atoms with Gasteiger partial charge in [0.1, 0.15) is 17.9 Å². The molecular weight excluding hydrogens is 374 g/mol. The van der Waals surface area contributed by atoms with Crippen molar-refractivity contribution in [2.45, 2.75) is 26.9 Å². The molecule has 0 aliphatic heterocycles. The summed E-state index contributed by atoms with van der Waals surface area (Å²) in [5, 5.41) is 3.25. The van der Waals surface area contributed by atoms with Crippen molar-refractivity contribution in [3.63, 3.8) is 0 Å². The van der Waals surface area contributed by atoms with E-state index in [1.54, 1.807) is 18.2 Å². The Hall–Kier alpha value is -3.61. The predicted molar refractivity (Wildman–Crippen MR) is 108 cm³/mol. The van der Waals surface area contributed by atoms with Crippen LogP contribution in [-0.2, 0) is 20.9 Å². The molecule has 29 heavy (non-hydrogen) atoms. The van der Waals surface area contributed by atoms with E-state index in [-0.39, 0.29) is 25.5 Å². The zero-order valence-corrected chi connectivity index (χ0v) is 16.2. The molecule has 7 heteroatoms. The monoisotopic (exact) mass is 395 g/mol. The number of carbonyl (C=O) groups excluding carboxylic acids is 2. The van der Waals surface area contributed by atoms with Crippen LogP contribution in [0.2, 0.25) is 0 Å². The zero-order chi connectivity index (χ0) is 20.8. The highest BCUT2D eigenvalue weighted by Crippen LogP contribution is 2.22. The minimum absolute atomic E-state index is 0.0647. The topological polar surface area (TPSA) is 94.8 Å². The van der Waals surface area contributed by atoms with E-state index in [1.807, 2.05) is 31.2 Å². The Morgan fingerprint density at radius 1 is 1.10 bits per heavy atom. The molecule has 1 aromatic heterocycles. The summed E-state index contributed by atoms with van der Waals surface area (Å²) in [4.78, 5) is 35.1. The van der Waals surface area contributed by atoms with E-state index in [0.29, 0.717) is 22.2 Å². The van der Waals surface area contributed by atoms with Crippen LogP contribution in [0.15, 0.2) is 57.7 Å². The molecule has 0 unspecified atom stereocenters. The highest BCUT2D eigenvalue weighted by atomic mass is 16.5. The molecule has 150 valence electrons. The number of ether oxygens (including phenoxy) is 2. The number of aryl methyl sites for hydroxylation is 1. The normalized spacial score (nSPS) is 10.6. The highest BCUT2D eigenvalue weighted by molar-refractivity contribution is 5.92. The largest absolute Gasteiger partial charge is 0.493 e. The molecule has 2 aromatic carbocycles. The minimum Gasteiger partial charge on any atom is -0.493 e. The maximum Gasteiger partial charge on any atom is 0.336 e. The lowest BCUT2D eigenvalue weighted by Gasteiger charge is -2.10. The Labute approximate surface area is 167 Å². The van der Waals surface area contributed by atoms with Gasteiger partial charge in [-0.25, -0.2) is 4.79 Å². The first-order valence-electron chi connectivity index (χ1n) is 9.11. The fraction of sp³-hybridized carbons (Fsp3) is 0.227. The van der Waals surface area contributed by atoms with E-state index < -0.39 is 11.6 Å². The van der Waals surface area contributed by atoms with E-state index in [1.165, 1.54) is 13.0 Å². The number of nitrogens with one attached hydrogen (secondary N) is 1. The number of hydrogen-bond donors (Lipinski definition) is 1. The van der Waals surface area contributed by atoms with Crippen molar-refractivity contribution in [3.05, 3.63) is 70.1 Å². The second-order valence-electron chi connectivity index (χ2n) is 6.51. The number of rotatable bonds is 7. The SMILES string of the molecule is CC(=O)Nc1ccc2c(COC(=O)CCOc3ccccc3C)cc(=O)oc2c1. The molecular formula is C22H21NO6. The van der Waals surface area contributed by atoms with Crippen molar-refractivity contribution >= 4 is 28.5 Å². The van der Waals surface area contributed by atoms with Gasteiger partial charge in [0.2, 0.25) is 5.91 Å². The van der Waals surface area contributed by atoms with Gasteiger partial charge < -0.3 is 19.2 Å². The smallest absolute Gasteiger partial charge is 0.336 e. The van der Waals surface area contributed by atoms with Gasteiger partial charge in [-0.1, -0.05) is 18.2 Å². The van der Waals surface area contributed by atoms with Crippen LogP contribution in [-0.4, -0.2) is 18.5 Å². The Morgan fingerprint density at radius 3 is 2.66 bits per heavy atom. The Morgan fingerprint density at radius 2 is 1.90 bits per heavy atom. The van der Waals surface area contributed by atoms with Crippen molar-refractivity contribution < 1.29 is 23.5 Å². The molecule has 0 radical (unpaired) electrons. The molecule has 0 atom stereocenters. The standard InChI is InChI=1S/C22H21NO6/c1-14-5-3-4-6-19(14)27-10-9-21(25)28-13-16-11-22(26)29-20-12-17(23-15(2)24)7-8-18(16)20/h3-8,11-12H,9-10,13H2,1-2H3,(H,23,24). The van der Waals surface area contributed by atoms with Crippen LogP contribution in [0.1, 0.15) is 24.5 Å². The van der Waals surface area contributed by atoms with Crippen LogP contribution in [0.4, 0.5) is 5.69 Å². The lowest BCUT2D eigenvalue weighted by atomic mass is 10.1. The van der Waals surface area contributed by atoms with Crippen LogP contribution >= 0.6 is 0 Å². The molecule has 0 aliphatic rings. The summed E-state index contributed by atoms with van der Waals surface area (Å²) >= 11 is 0. The summed E-state index contributed by atoms with van der Waals surface area (Å²) in [5.74, 6) is 0.0569. The van der Waals surface area contributed by atoms with Gasteiger partial charge in [-0.2, -0.15) is 0 Å². The third-order valence-corrected chi connectivity index (χ3v) is 4.20. The Bertz CT molecular complexity index is 1100. The number of amides is 1. The van der Waals surface area contributed by atoms with Gasteiger partial charge in [0.05, 0.1) is 13.0 Å². The van der Waals surface area contributed by atoms with E-state index >= 15 is 0 Å². The molecule has 3 aromatic rings. The number of hydrogen-bond acceptors (Lipinski definition) is 6. The van der Waals surface area contributed by atoms with Crippen molar-refractivity contribution in [3.8, 4) is 5.75 Å². The molecule has 1 N–H and O–H groups in total. The minimum atomic E-state index is -0.564. The summed E-state index contributed by atoms with van der Waals surface area (Å²) in [7, 11) is 0. The number of para-hydroxylation sites is 1. The van der Waals surface area contributed by atoms with E-state index in [9.17, 15) is 14.4 Å². The lowest BCUT2D eigenvalue weighted by molar-refractivity contribution is -0.145. The van der Waals surface area contributed by atoms with Gasteiger partial charge in [-0.05, 0) is 30.7 Å². The fourth-order valence-corrected chi connectivity index (χ4v) is 2.82. The van der Waals surface area contributed by atoms with Crippen LogP contribution in [0.25, 0.3) is 11.0 Å². The summed E-state index contributed by atoms with van der Waals surface area (Å²) in [6, 6.07) is 13.8. The summed E-state index contributed by atoms with van der Waals surface area (Å²) in [6.45, 7) is 3.45. The van der Waals surface area contributed by atoms with E-state index in [0.717, 1.165) is 11.3 Å². The van der Waals surface area contributed by atoms with Gasteiger partial charge in [0.15, 0.2) is 0 Å². The first kappa shape index (κ1) is 20.1. The van der Waals surface area contributed by atoms with Crippen LogP contribution < -0.4 is 15.7 Å². The van der Waals surface area contributed by atoms with Gasteiger partial charge in [0, 0.05) is 35.7 Å². The number of anilines is 1. The molecule has 0 bridgehead atoms. The summed E-state index contributed by atoms with van der Waals surface area (Å²) < 4.78 is 16.1.